The SMILES string of the molecule is CCOc1cc(N)cc(NCc2cnc(C)s2)c1. The lowest BCUT2D eigenvalue weighted by molar-refractivity contribution is 0.340. The van der Waals surface area contributed by atoms with Crippen molar-refractivity contribution in [1.29, 1.82) is 0 Å². The van der Waals surface area contributed by atoms with Gasteiger partial charge in [0.25, 0.3) is 0 Å². The summed E-state index contributed by atoms with van der Waals surface area (Å²) in [6.45, 7) is 5.34. The van der Waals surface area contributed by atoms with E-state index in [-0.39, 0.29) is 0 Å². The number of aryl methyl sites for hydroxylation is 1. The summed E-state index contributed by atoms with van der Waals surface area (Å²) in [7, 11) is 0. The van der Waals surface area contributed by atoms with Crippen LogP contribution >= 0.6 is 11.3 Å². The van der Waals surface area contributed by atoms with E-state index in [1.54, 1.807) is 11.3 Å². The molecule has 4 nitrogen and oxygen atoms in total. The number of ether oxygens (including phenoxy) is 1. The van der Waals surface area contributed by atoms with Gasteiger partial charge in [-0.2, -0.15) is 0 Å². The number of hydrogen-bond donors (Lipinski definition) is 2. The molecule has 5 heteroatoms. The topological polar surface area (TPSA) is 60.2 Å². The number of thiazole rings is 1. The van der Waals surface area contributed by atoms with Gasteiger partial charge in [-0.05, 0) is 19.9 Å². The molecule has 96 valence electrons. The van der Waals surface area contributed by atoms with Gasteiger partial charge in [-0.25, -0.2) is 4.98 Å². The summed E-state index contributed by atoms with van der Waals surface area (Å²) in [5, 5.41) is 4.40. The van der Waals surface area contributed by atoms with Crippen LogP contribution in [0.15, 0.2) is 24.4 Å². The predicted molar refractivity (Wildman–Crippen MR) is 76.2 cm³/mol. The number of rotatable bonds is 5. The third-order valence-electron chi connectivity index (χ3n) is 2.38. The van der Waals surface area contributed by atoms with Crippen molar-refractivity contribution >= 4 is 22.7 Å². The van der Waals surface area contributed by atoms with Crippen LogP contribution in [0.5, 0.6) is 5.75 Å². The Bertz CT molecular complexity index is 525. The Morgan fingerprint density at radius 1 is 1.39 bits per heavy atom. The van der Waals surface area contributed by atoms with Crippen LogP contribution in [0, 0.1) is 6.92 Å². The maximum absolute atomic E-state index is 5.83. The number of hydrogen-bond acceptors (Lipinski definition) is 5. The summed E-state index contributed by atoms with van der Waals surface area (Å²) >= 11 is 1.69. The van der Waals surface area contributed by atoms with Crippen molar-refractivity contribution in [3.63, 3.8) is 0 Å². The molecule has 0 bridgehead atoms. The summed E-state index contributed by atoms with van der Waals surface area (Å²) < 4.78 is 5.45. The maximum Gasteiger partial charge on any atom is 0.123 e. The Labute approximate surface area is 111 Å². The summed E-state index contributed by atoms with van der Waals surface area (Å²) in [6.07, 6.45) is 1.89. The van der Waals surface area contributed by atoms with Crippen LogP contribution in [-0.4, -0.2) is 11.6 Å². The molecule has 0 spiro atoms. The van der Waals surface area contributed by atoms with Gasteiger partial charge < -0.3 is 15.8 Å². The van der Waals surface area contributed by atoms with E-state index in [0.717, 1.165) is 23.0 Å². The van der Waals surface area contributed by atoms with Crippen LogP contribution in [-0.2, 0) is 6.54 Å². The fourth-order valence-corrected chi connectivity index (χ4v) is 2.38. The van der Waals surface area contributed by atoms with E-state index in [1.807, 2.05) is 38.2 Å². The Morgan fingerprint density at radius 2 is 2.22 bits per heavy atom. The Hall–Kier alpha value is -1.75. The molecular weight excluding hydrogens is 246 g/mol. The first-order chi connectivity index (χ1) is 8.67. The van der Waals surface area contributed by atoms with E-state index in [9.17, 15) is 0 Å². The van der Waals surface area contributed by atoms with Gasteiger partial charge in [0.1, 0.15) is 5.75 Å². The van der Waals surface area contributed by atoms with Crippen LogP contribution in [0.25, 0.3) is 0 Å². The third-order valence-corrected chi connectivity index (χ3v) is 3.29. The highest BCUT2D eigenvalue weighted by atomic mass is 32.1. The van der Waals surface area contributed by atoms with E-state index < -0.39 is 0 Å². The molecule has 0 atom stereocenters. The fraction of sp³-hybridized carbons (Fsp3) is 0.308. The second-order valence-corrected chi connectivity index (χ2v) is 5.24. The van der Waals surface area contributed by atoms with Crippen LogP contribution in [0.3, 0.4) is 0 Å². The molecule has 18 heavy (non-hydrogen) atoms. The molecule has 0 unspecified atom stereocenters. The Kier molecular flexibility index (Phi) is 4.04. The van der Waals surface area contributed by atoms with E-state index >= 15 is 0 Å². The summed E-state index contributed by atoms with van der Waals surface area (Å²) in [6, 6.07) is 5.68. The number of aromatic nitrogens is 1. The lowest BCUT2D eigenvalue weighted by Gasteiger charge is -2.09. The molecule has 3 N–H and O–H groups in total. The smallest absolute Gasteiger partial charge is 0.123 e. The maximum atomic E-state index is 5.83. The van der Waals surface area contributed by atoms with Gasteiger partial charge in [0.05, 0.1) is 18.2 Å². The summed E-state index contributed by atoms with van der Waals surface area (Å²) in [4.78, 5) is 5.42. The van der Waals surface area contributed by atoms with Crippen molar-refractivity contribution in [3.05, 3.63) is 34.3 Å². The lowest BCUT2D eigenvalue weighted by atomic mass is 10.2. The standard InChI is InChI=1S/C13H17N3OS/c1-3-17-12-5-10(14)4-11(6-12)16-8-13-7-15-9(2)18-13/h4-7,16H,3,8,14H2,1-2H3. The number of nitrogens with zero attached hydrogens (tertiary/aromatic N) is 1. The first-order valence-electron chi connectivity index (χ1n) is 5.86. The molecule has 1 aromatic heterocycles. The van der Waals surface area contributed by atoms with Crippen molar-refractivity contribution in [3.8, 4) is 5.75 Å². The Morgan fingerprint density at radius 3 is 2.89 bits per heavy atom. The second kappa shape index (κ2) is 5.73. The monoisotopic (exact) mass is 263 g/mol. The number of nitrogens with one attached hydrogen (secondary N) is 1. The van der Waals surface area contributed by atoms with Gasteiger partial charge in [-0.15, -0.1) is 11.3 Å². The van der Waals surface area contributed by atoms with E-state index in [4.69, 9.17) is 10.5 Å². The van der Waals surface area contributed by atoms with E-state index in [1.165, 1.54) is 4.88 Å². The molecule has 0 amide bonds. The highest BCUT2D eigenvalue weighted by Gasteiger charge is 2.01. The first kappa shape index (κ1) is 12.7. The largest absolute Gasteiger partial charge is 0.494 e. The molecular formula is C13H17N3OS. The molecule has 1 heterocycles. The minimum absolute atomic E-state index is 0.636. The van der Waals surface area contributed by atoms with Crippen molar-refractivity contribution in [2.45, 2.75) is 20.4 Å². The highest BCUT2D eigenvalue weighted by molar-refractivity contribution is 7.11. The highest BCUT2D eigenvalue weighted by Crippen LogP contribution is 2.23. The molecule has 1 aromatic carbocycles. The van der Waals surface area contributed by atoms with E-state index in [2.05, 4.69) is 10.3 Å². The molecule has 0 fully saturated rings. The number of anilines is 2. The molecule has 0 radical (unpaired) electrons. The molecule has 0 aliphatic heterocycles. The van der Waals surface area contributed by atoms with Gasteiger partial charge in [0.15, 0.2) is 0 Å². The third kappa shape index (κ3) is 3.37. The molecule has 0 saturated carbocycles. The van der Waals surface area contributed by atoms with Gasteiger partial charge in [0.2, 0.25) is 0 Å². The summed E-state index contributed by atoms with van der Waals surface area (Å²) in [5.74, 6) is 0.792. The lowest BCUT2D eigenvalue weighted by Crippen LogP contribution is -2.00. The van der Waals surface area contributed by atoms with Crippen molar-refractivity contribution in [1.82, 2.24) is 4.98 Å². The normalized spacial score (nSPS) is 10.3. The number of nitrogen functional groups attached to an aromatic ring is 1. The van der Waals surface area contributed by atoms with Crippen LogP contribution in [0.2, 0.25) is 0 Å². The van der Waals surface area contributed by atoms with E-state index in [0.29, 0.717) is 12.3 Å². The molecule has 2 rings (SSSR count). The molecule has 0 saturated heterocycles. The zero-order valence-electron chi connectivity index (χ0n) is 10.6. The minimum Gasteiger partial charge on any atom is -0.494 e. The number of benzene rings is 1. The van der Waals surface area contributed by atoms with Crippen molar-refractivity contribution in [2.24, 2.45) is 0 Å². The quantitative estimate of drug-likeness (QED) is 0.814. The van der Waals surface area contributed by atoms with Gasteiger partial charge in [-0.3, -0.25) is 0 Å². The molecule has 0 aliphatic rings. The summed E-state index contributed by atoms with van der Waals surface area (Å²) in [5.41, 5.74) is 7.49. The van der Waals surface area contributed by atoms with Crippen LogP contribution in [0.1, 0.15) is 16.8 Å². The molecule has 0 aliphatic carbocycles. The van der Waals surface area contributed by atoms with Gasteiger partial charge in [0, 0.05) is 34.6 Å². The zero-order chi connectivity index (χ0) is 13.0. The van der Waals surface area contributed by atoms with Crippen molar-refractivity contribution < 1.29 is 4.74 Å². The zero-order valence-corrected chi connectivity index (χ0v) is 11.4. The fourth-order valence-electron chi connectivity index (χ4n) is 1.65. The average Bonchev–Trinajstić information content (AvgIpc) is 2.72. The molecule has 2 aromatic rings. The van der Waals surface area contributed by atoms with Gasteiger partial charge >= 0.3 is 0 Å². The second-order valence-electron chi connectivity index (χ2n) is 3.92. The minimum atomic E-state index is 0.636. The van der Waals surface area contributed by atoms with Crippen LogP contribution < -0.4 is 15.8 Å². The average molecular weight is 263 g/mol. The van der Waals surface area contributed by atoms with Gasteiger partial charge in [-0.1, -0.05) is 0 Å². The number of nitrogens with two attached hydrogens (primary N) is 1. The van der Waals surface area contributed by atoms with Crippen LogP contribution in [0.4, 0.5) is 11.4 Å². The predicted octanol–water partition coefficient (Wildman–Crippen LogP) is 3.04. The first-order valence-corrected chi connectivity index (χ1v) is 6.67. The van der Waals surface area contributed by atoms with Crippen molar-refractivity contribution in [2.75, 3.05) is 17.7 Å². The Balaban J connectivity index is 2.04.